The molecule has 2 atom stereocenters. The minimum absolute atomic E-state index is 0.0739. The van der Waals surface area contributed by atoms with Crippen LogP contribution in [-0.2, 0) is 13.5 Å². The van der Waals surface area contributed by atoms with E-state index in [9.17, 15) is 5.11 Å². The van der Waals surface area contributed by atoms with Crippen molar-refractivity contribution in [2.75, 3.05) is 0 Å². The van der Waals surface area contributed by atoms with E-state index in [1.807, 2.05) is 30.1 Å². The van der Waals surface area contributed by atoms with Gasteiger partial charge in [-0.1, -0.05) is 6.07 Å². The first-order chi connectivity index (χ1) is 8.75. The average Bonchev–Trinajstić information content (AvgIpc) is 2.84. The molecule has 1 aliphatic rings. The molecule has 4 nitrogen and oxygen atoms in total. The van der Waals surface area contributed by atoms with Crippen LogP contribution >= 0.6 is 0 Å². The van der Waals surface area contributed by atoms with Gasteiger partial charge in [0.1, 0.15) is 6.10 Å². The maximum atomic E-state index is 10.5. The number of rotatable bonds is 2. The molecule has 0 bridgehead atoms. The van der Waals surface area contributed by atoms with Gasteiger partial charge >= 0.3 is 0 Å². The van der Waals surface area contributed by atoms with E-state index in [1.165, 1.54) is 5.56 Å². The lowest BCUT2D eigenvalue weighted by atomic mass is 9.82. The topological polar surface area (TPSA) is 50.9 Å². The zero-order valence-corrected chi connectivity index (χ0v) is 10.5. The van der Waals surface area contributed by atoms with Crippen molar-refractivity contribution in [1.82, 2.24) is 14.5 Å². The molecule has 4 heteroatoms. The van der Waals surface area contributed by atoms with Gasteiger partial charge in [0, 0.05) is 31.1 Å². The maximum Gasteiger partial charge on any atom is 0.106 e. The number of aliphatic hydroxyl groups excluding tert-OH is 1. The van der Waals surface area contributed by atoms with Gasteiger partial charge in [-0.15, -0.1) is 0 Å². The molecule has 0 aromatic carbocycles. The number of hydrogen-bond donors (Lipinski definition) is 1. The average molecular weight is 243 g/mol. The molecular weight excluding hydrogens is 226 g/mol. The molecular formula is C14H17N3O. The van der Waals surface area contributed by atoms with E-state index in [0.717, 1.165) is 30.7 Å². The standard InChI is InChI=1S/C14H17N3O/c1-17-8-12(16-9-17)14(18)11-6-2-4-10-5-3-7-15-13(10)11/h3,5,7-9,11,14,18H,2,4,6H2,1H3. The van der Waals surface area contributed by atoms with Gasteiger partial charge in [-0.2, -0.15) is 0 Å². The number of aliphatic hydroxyl groups is 1. The van der Waals surface area contributed by atoms with Crippen LogP contribution in [-0.4, -0.2) is 19.6 Å². The molecule has 0 spiro atoms. The Hall–Kier alpha value is -1.68. The van der Waals surface area contributed by atoms with Gasteiger partial charge in [-0.05, 0) is 30.9 Å². The third-order valence-electron chi connectivity index (χ3n) is 3.65. The summed E-state index contributed by atoms with van der Waals surface area (Å²) < 4.78 is 1.86. The zero-order chi connectivity index (χ0) is 12.5. The smallest absolute Gasteiger partial charge is 0.106 e. The summed E-state index contributed by atoms with van der Waals surface area (Å²) in [4.78, 5) is 8.71. The number of aryl methyl sites for hydroxylation is 2. The third-order valence-corrected chi connectivity index (χ3v) is 3.65. The fourth-order valence-electron chi connectivity index (χ4n) is 2.74. The van der Waals surface area contributed by atoms with Crippen LogP contribution in [0.2, 0.25) is 0 Å². The Morgan fingerprint density at radius 3 is 3.11 bits per heavy atom. The van der Waals surface area contributed by atoms with Crippen molar-refractivity contribution in [2.24, 2.45) is 7.05 Å². The number of hydrogen-bond acceptors (Lipinski definition) is 3. The predicted octanol–water partition coefficient (Wildman–Crippen LogP) is 1.97. The number of fused-ring (bicyclic) bond motifs is 1. The van der Waals surface area contributed by atoms with Gasteiger partial charge in [0.25, 0.3) is 0 Å². The molecule has 0 saturated carbocycles. The van der Waals surface area contributed by atoms with E-state index >= 15 is 0 Å². The summed E-state index contributed by atoms with van der Waals surface area (Å²) >= 11 is 0. The second kappa shape index (κ2) is 4.53. The lowest BCUT2D eigenvalue weighted by Crippen LogP contribution is -2.18. The Morgan fingerprint density at radius 2 is 2.33 bits per heavy atom. The van der Waals surface area contributed by atoms with Crippen LogP contribution in [0.3, 0.4) is 0 Å². The Morgan fingerprint density at radius 1 is 1.44 bits per heavy atom. The van der Waals surface area contributed by atoms with Crippen LogP contribution in [0.1, 0.15) is 41.8 Å². The molecule has 2 heterocycles. The van der Waals surface area contributed by atoms with Crippen molar-refractivity contribution in [3.63, 3.8) is 0 Å². The van der Waals surface area contributed by atoms with Gasteiger partial charge in [-0.3, -0.25) is 4.98 Å². The second-order valence-corrected chi connectivity index (χ2v) is 4.96. The second-order valence-electron chi connectivity index (χ2n) is 4.96. The fourth-order valence-corrected chi connectivity index (χ4v) is 2.74. The molecule has 94 valence electrons. The van der Waals surface area contributed by atoms with Crippen molar-refractivity contribution in [3.8, 4) is 0 Å². The van der Waals surface area contributed by atoms with Gasteiger partial charge in [0.05, 0.1) is 12.0 Å². The van der Waals surface area contributed by atoms with E-state index in [4.69, 9.17) is 0 Å². The normalized spacial score (nSPS) is 20.4. The molecule has 0 fully saturated rings. The monoisotopic (exact) mass is 243 g/mol. The minimum atomic E-state index is -0.555. The van der Waals surface area contributed by atoms with Gasteiger partial charge in [0.2, 0.25) is 0 Å². The molecule has 2 aromatic rings. The highest BCUT2D eigenvalue weighted by molar-refractivity contribution is 5.28. The van der Waals surface area contributed by atoms with Crippen LogP contribution in [0.25, 0.3) is 0 Å². The molecule has 3 rings (SSSR count). The fraction of sp³-hybridized carbons (Fsp3) is 0.429. The molecule has 1 aliphatic carbocycles. The number of nitrogens with zero attached hydrogens (tertiary/aromatic N) is 3. The van der Waals surface area contributed by atoms with Gasteiger partial charge < -0.3 is 9.67 Å². The lowest BCUT2D eigenvalue weighted by molar-refractivity contribution is 0.130. The van der Waals surface area contributed by atoms with Crippen molar-refractivity contribution < 1.29 is 5.11 Å². The van der Waals surface area contributed by atoms with Crippen LogP contribution in [0, 0.1) is 0 Å². The lowest BCUT2D eigenvalue weighted by Gasteiger charge is -2.27. The van der Waals surface area contributed by atoms with Crippen molar-refractivity contribution in [2.45, 2.75) is 31.3 Å². The molecule has 2 aromatic heterocycles. The van der Waals surface area contributed by atoms with Crippen LogP contribution in [0.15, 0.2) is 30.9 Å². The molecule has 2 unspecified atom stereocenters. The summed E-state index contributed by atoms with van der Waals surface area (Å²) in [5.41, 5.74) is 3.05. The summed E-state index contributed by atoms with van der Waals surface area (Å²) in [6.45, 7) is 0. The molecule has 0 radical (unpaired) electrons. The molecule has 0 amide bonds. The molecule has 0 saturated heterocycles. The Balaban J connectivity index is 1.94. The van der Waals surface area contributed by atoms with Gasteiger partial charge in [0.15, 0.2) is 0 Å². The van der Waals surface area contributed by atoms with Crippen molar-refractivity contribution in [3.05, 3.63) is 47.8 Å². The number of aromatic nitrogens is 3. The van der Waals surface area contributed by atoms with Crippen LogP contribution in [0.4, 0.5) is 0 Å². The van der Waals surface area contributed by atoms with Crippen molar-refractivity contribution >= 4 is 0 Å². The zero-order valence-electron chi connectivity index (χ0n) is 10.5. The van der Waals surface area contributed by atoms with Crippen molar-refractivity contribution in [1.29, 1.82) is 0 Å². The van der Waals surface area contributed by atoms with Crippen LogP contribution in [0.5, 0.6) is 0 Å². The SMILES string of the molecule is Cn1cnc(C(O)C2CCCc3cccnc32)c1. The van der Waals surface area contributed by atoms with E-state index < -0.39 is 6.10 Å². The van der Waals surface area contributed by atoms with E-state index in [2.05, 4.69) is 16.0 Å². The summed E-state index contributed by atoms with van der Waals surface area (Å²) in [5, 5.41) is 10.5. The maximum absolute atomic E-state index is 10.5. The highest BCUT2D eigenvalue weighted by Gasteiger charge is 2.29. The first kappa shape index (κ1) is 11.4. The first-order valence-electron chi connectivity index (χ1n) is 6.35. The van der Waals surface area contributed by atoms with E-state index in [0.29, 0.717) is 0 Å². The number of imidazole rings is 1. The first-order valence-corrected chi connectivity index (χ1v) is 6.35. The summed E-state index contributed by atoms with van der Waals surface area (Å²) in [6.07, 6.45) is 7.99. The predicted molar refractivity (Wildman–Crippen MR) is 68.1 cm³/mol. The summed E-state index contributed by atoms with van der Waals surface area (Å²) in [6, 6.07) is 4.08. The third kappa shape index (κ3) is 1.93. The van der Waals surface area contributed by atoms with Crippen LogP contribution < -0.4 is 0 Å². The van der Waals surface area contributed by atoms with E-state index in [-0.39, 0.29) is 5.92 Å². The Labute approximate surface area is 106 Å². The highest BCUT2D eigenvalue weighted by atomic mass is 16.3. The highest BCUT2D eigenvalue weighted by Crippen LogP contribution is 2.38. The Bertz CT molecular complexity index is 549. The summed E-state index contributed by atoms with van der Waals surface area (Å²) in [7, 11) is 1.91. The largest absolute Gasteiger partial charge is 0.386 e. The molecule has 18 heavy (non-hydrogen) atoms. The summed E-state index contributed by atoms with van der Waals surface area (Å²) in [5.74, 6) is 0.0739. The van der Waals surface area contributed by atoms with E-state index in [1.54, 1.807) is 6.33 Å². The number of pyridine rings is 1. The molecule has 0 aliphatic heterocycles. The molecule has 1 N–H and O–H groups in total. The van der Waals surface area contributed by atoms with Gasteiger partial charge in [-0.25, -0.2) is 4.98 Å². The Kier molecular flexibility index (Phi) is 2.88. The minimum Gasteiger partial charge on any atom is -0.386 e. The quantitative estimate of drug-likeness (QED) is 0.877.